The van der Waals surface area contributed by atoms with Crippen molar-refractivity contribution in [3.8, 4) is 0 Å². The summed E-state index contributed by atoms with van der Waals surface area (Å²) in [5, 5.41) is 0.566. The summed E-state index contributed by atoms with van der Waals surface area (Å²) in [6.45, 7) is 8.74. The van der Waals surface area contributed by atoms with E-state index in [1.807, 2.05) is 6.92 Å². The molecule has 72 valence electrons. The molecule has 0 radical (unpaired) electrons. The number of halogens is 1. The monoisotopic (exact) mass is 207 g/mol. The topological polar surface area (TPSA) is 21.4 Å². The SMILES string of the molecule is [C-]#[N+]c1ccc(Cl)cc1CC(=O)CC. The second-order valence-electron chi connectivity index (χ2n) is 2.95. The molecular formula is C11H10ClNO. The van der Waals surface area contributed by atoms with Crippen LogP contribution in [0.1, 0.15) is 18.9 Å². The van der Waals surface area contributed by atoms with Crippen LogP contribution in [0, 0.1) is 6.57 Å². The number of carbonyl (C=O) groups is 1. The normalized spacial score (nSPS) is 9.50. The number of nitrogens with zero attached hydrogens (tertiary/aromatic N) is 1. The van der Waals surface area contributed by atoms with Crippen molar-refractivity contribution in [3.63, 3.8) is 0 Å². The predicted octanol–water partition coefficient (Wildman–Crippen LogP) is 3.41. The van der Waals surface area contributed by atoms with E-state index in [2.05, 4.69) is 4.85 Å². The Kier molecular flexibility index (Phi) is 3.67. The third-order valence-electron chi connectivity index (χ3n) is 1.94. The van der Waals surface area contributed by atoms with E-state index in [1.165, 1.54) is 0 Å². The first-order chi connectivity index (χ1) is 6.67. The third-order valence-corrected chi connectivity index (χ3v) is 2.18. The number of ketones is 1. The molecule has 2 nitrogen and oxygen atoms in total. The summed E-state index contributed by atoms with van der Waals surface area (Å²) in [6, 6.07) is 4.99. The fraction of sp³-hybridized carbons (Fsp3) is 0.273. The van der Waals surface area contributed by atoms with Crippen molar-refractivity contribution in [3.05, 3.63) is 40.2 Å². The van der Waals surface area contributed by atoms with E-state index in [9.17, 15) is 4.79 Å². The van der Waals surface area contributed by atoms with Crippen LogP contribution < -0.4 is 0 Å². The van der Waals surface area contributed by atoms with Crippen molar-refractivity contribution in [2.24, 2.45) is 0 Å². The molecule has 0 heterocycles. The minimum atomic E-state index is 0.122. The molecule has 1 aromatic rings. The Morgan fingerprint density at radius 3 is 2.86 bits per heavy atom. The van der Waals surface area contributed by atoms with Crippen molar-refractivity contribution < 1.29 is 4.79 Å². The molecule has 14 heavy (non-hydrogen) atoms. The largest absolute Gasteiger partial charge is 0.299 e. The zero-order chi connectivity index (χ0) is 10.6. The summed E-state index contributed by atoms with van der Waals surface area (Å²) in [5.74, 6) is 0.122. The molecule has 0 aliphatic heterocycles. The summed E-state index contributed by atoms with van der Waals surface area (Å²) in [6.07, 6.45) is 0.790. The fourth-order valence-corrected chi connectivity index (χ4v) is 1.34. The lowest BCUT2D eigenvalue weighted by molar-refractivity contribution is -0.118. The molecule has 3 heteroatoms. The minimum absolute atomic E-state index is 0.122. The van der Waals surface area contributed by atoms with Gasteiger partial charge in [-0.2, -0.15) is 0 Å². The van der Waals surface area contributed by atoms with Gasteiger partial charge in [0.05, 0.1) is 6.57 Å². The maximum atomic E-state index is 11.2. The van der Waals surface area contributed by atoms with Crippen LogP contribution in [0.4, 0.5) is 5.69 Å². The van der Waals surface area contributed by atoms with Gasteiger partial charge in [0.25, 0.3) is 0 Å². The highest BCUT2D eigenvalue weighted by Crippen LogP contribution is 2.24. The summed E-state index contributed by atoms with van der Waals surface area (Å²) in [4.78, 5) is 14.6. The first kappa shape index (κ1) is 10.7. The molecule has 0 bridgehead atoms. The molecule has 1 rings (SSSR count). The first-order valence-electron chi connectivity index (χ1n) is 4.35. The van der Waals surface area contributed by atoms with Crippen LogP contribution >= 0.6 is 11.6 Å². The van der Waals surface area contributed by atoms with Gasteiger partial charge >= 0.3 is 0 Å². The standard InChI is InChI=1S/C11H10ClNO/c1-3-10(14)7-8-6-9(12)4-5-11(8)13-2/h4-6H,3,7H2,1H3. The summed E-state index contributed by atoms with van der Waals surface area (Å²) < 4.78 is 0. The van der Waals surface area contributed by atoms with Gasteiger partial charge in [-0.05, 0) is 5.56 Å². The van der Waals surface area contributed by atoms with E-state index >= 15 is 0 Å². The van der Waals surface area contributed by atoms with E-state index in [0.717, 1.165) is 5.56 Å². The van der Waals surface area contributed by atoms with Crippen LogP contribution in [0.25, 0.3) is 4.85 Å². The van der Waals surface area contributed by atoms with Gasteiger partial charge in [-0.25, -0.2) is 4.85 Å². The van der Waals surface area contributed by atoms with Gasteiger partial charge in [0.1, 0.15) is 5.78 Å². The van der Waals surface area contributed by atoms with E-state index in [4.69, 9.17) is 18.2 Å². The lowest BCUT2D eigenvalue weighted by Gasteiger charge is -2.02. The Hall–Kier alpha value is -1.33. The smallest absolute Gasteiger partial charge is 0.190 e. The Morgan fingerprint density at radius 1 is 1.57 bits per heavy atom. The second kappa shape index (κ2) is 4.78. The van der Waals surface area contributed by atoms with Crippen molar-refractivity contribution in [1.82, 2.24) is 0 Å². The lowest BCUT2D eigenvalue weighted by Crippen LogP contribution is -2.00. The Labute approximate surface area is 88.3 Å². The van der Waals surface area contributed by atoms with Crippen LogP contribution in [-0.2, 0) is 11.2 Å². The number of benzene rings is 1. The quantitative estimate of drug-likeness (QED) is 0.696. The average Bonchev–Trinajstić information content (AvgIpc) is 2.18. The predicted molar refractivity (Wildman–Crippen MR) is 56.7 cm³/mol. The van der Waals surface area contributed by atoms with E-state index < -0.39 is 0 Å². The van der Waals surface area contributed by atoms with Gasteiger partial charge in [0.15, 0.2) is 5.69 Å². The molecular weight excluding hydrogens is 198 g/mol. The molecule has 0 saturated heterocycles. The van der Waals surface area contributed by atoms with E-state index in [0.29, 0.717) is 23.6 Å². The van der Waals surface area contributed by atoms with Crippen LogP contribution in [0.15, 0.2) is 18.2 Å². The van der Waals surface area contributed by atoms with Crippen molar-refractivity contribution in [2.75, 3.05) is 0 Å². The number of rotatable bonds is 3. The summed E-state index contributed by atoms with van der Waals surface area (Å²) in [5.41, 5.74) is 1.23. The first-order valence-corrected chi connectivity index (χ1v) is 4.72. The van der Waals surface area contributed by atoms with Crippen LogP contribution in [0.3, 0.4) is 0 Å². The highest BCUT2D eigenvalue weighted by atomic mass is 35.5. The highest BCUT2D eigenvalue weighted by molar-refractivity contribution is 6.30. The Morgan fingerprint density at radius 2 is 2.29 bits per heavy atom. The molecule has 0 amide bonds. The van der Waals surface area contributed by atoms with Crippen molar-refractivity contribution >= 4 is 23.1 Å². The minimum Gasteiger partial charge on any atom is -0.299 e. The van der Waals surface area contributed by atoms with Crippen LogP contribution in [0.5, 0.6) is 0 Å². The maximum absolute atomic E-state index is 11.2. The van der Waals surface area contributed by atoms with E-state index in [-0.39, 0.29) is 5.78 Å². The van der Waals surface area contributed by atoms with Gasteiger partial charge in [0, 0.05) is 17.9 Å². The van der Waals surface area contributed by atoms with Gasteiger partial charge in [0.2, 0.25) is 0 Å². The van der Waals surface area contributed by atoms with Gasteiger partial charge in [-0.3, -0.25) is 4.79 Å². The van der Waals surface area contributed by atoms with E-state index in [1.54, 1.807) is 18.2 Å². The molecule has 0 aliphatic rings. The number of carbonyl (C=O) groups excluding carboxylic acids is 1. The highest BCUT2D eigenvalue weighted by Gasteiger charge is 2.06. The fourth-order valence-electron chi connectivity index (χ4n) is 1.14. The molecule has 0 unspecified atom stereocenters. The molecule has 0 aliphatic carbocycles. The van der Waals surface area contributed by atoms with Crippen molar-refractivity contribution in [1.29, 1.82) is 0 Å². The molecule has 0 N–H and O–H groups in total. The Balaban J connectivity index is 3.00. The van der Waals surface area contributed by atoms with Crippen molar-refractivity contribution in [2.45, 2.75) is 19.8 Å². The molecule has 1 aromatic carbocycles. The molecule has 0 fully saturated rings. The van der Waals surface area contributed by atoms with Gasteiger partial charge in [-0.1, -0.05) is 36.7 Å². The zero-order valence-electron chi connectivity index (χ0n) is 7.88. The molecule has 0 aromatic heterocycles. The lowest BCUT2D eigenvalue weighted by atomic mass is 10.1. The third kappa shape index (κ3) is 2.58. The maximum Gasteiger partial charge on any atom is 0.190 e. The zero-order valence-corrected chi connectivity index (χ0v) is 8.64. The number of Topliss-reactive ketones (excluding diaryl/α,β-unsaturated/α-hetero) is 1. The van der Waals surface area contributed by atoms with Gasteiger partial charge in [-0.15, -0.1) is 0 Å². The Bertz CT molecular complexity index is 393. The van der Waals surface area contributed by atoms with Gasteiger partial charge < -0.3 is 0 Å². The molecule has 0 saturated carbocycles. The number of hydrogen-bond donors (Lipinski definition) is 0. The average molecular weight is 208 g/mol. The van der Waals surface area contributed by atoms with Crippen LogP contribution in [0.2, 0.25) is 5.02 Å². The van der Waals surface area contributed by atoms with Crippen LogP contribution in [-0.4, -0.2) is 5.78 Å². The second-order valence-corrected chi connectivity index (χ2v) is 3.39. The summed E-state index contributed by atoms with van der Waals surface area (Å²) in [7, 11) is 0. The molecule has 0 spiro atoms. The molecule has 0 atom stereocenters. The number of hydrogen-bond acceptors (Lipinski definition) is 1. The summed E-state index contributed by atoms with van der Waals surface area (Å²) >= 11 is 5.79.